The average molecular weight is 468 g/mol. The summed E-state index contributed by atoms with van der Waals surface area (Å²) in [6.07, 6.45) is 3.19. The van der Waals surface area contributed by atoms with Gasteiger partial charge in [-0.3, -0.25) is 0 Å². The van der Waals surface area contributed by atoms with Crippen LogP contribution in [0.2, 0.25) is 5.02 Å². The van der Waals surface area contributed by atoms with Crippen LogP contribution in [0, 0.1) is 0 Å². The molecule has 164 valence electrons. The van der Waals surface area contributed by atoms with E-state index in [0.717, 1.165) is 57.1 Å². The highest BCUT2D eigenvalue weighted by Gasteiger charge is 2.36. The first-order valence-corrected chi connectivity index (χ1v) is 11.9. The molecule has 0 aromatic heterocycles. The molecule has 1 fully saturated rings. The van der Waals surface area contributed by atoms with Crippen LogP contribution in [0.1, 0.15) is 37.3 Å². The van der Waals surface area contributed by atoms with E-state index < -0.39 is 0 Å². The molecule has 0 radical (unpaired) electrons. The van der Waals surface area contributed by atoms with Crippen molar-refractivity contribution in [1.29, 1.82) is 0 Å². The molecule has 0 spiro atoms. The number of fused-ring (bicyclic) bond motifs is 2. The highest BCUT2D eigenvalue weighted by Crippen LogP contribution is 2.51. The molecular formula is C24H32Cl2N2OS. The van der Waals surface area contributed by atoms with E-state index in [1.807, 2.05) is 17.8 Å². The van der Waals surface area contributed by atoms with Crippen LogP contribution in [-0.4, -0.2) is 60.8 Å². The molecule has 30 heavy (non-hydrogen) atoms. The van der Waals surface area contributed by atoms with Gasteiger partial charge in [0.2, 0.25) is 0 Å². The van der Waals surface area contributed by atoms with E-state index >= 15 is 0 Å². The Hall–Kier alpha value is -0.750. The first-order chi connectivity index (χ1) is 14.1. The molecule has 3 nitrogen and oxygen atoms in total. The van der Waals surface area contributed by atoms with Crippen LogP contribution in [-0.2, 0) is 5.41 Å². The molecule has 6 heteroatoms. The van der Waals surface area contributed by atoms with Gasteiger partial charge >= 0.3 is 0 Å². The monoisotopic (exact) mass is 466 g/mol. The van der Waals surface area contributed by atoms with Gasteiger partial charge in [0.25, 0.3) is 0 Å². The predicted octanol–water partition coefficient (Wildman–Crippen LogP) is 5.31. The zero-order valence-corrected chi connectivity index (χ0v) is 20.0. The number of aliphatic hydroxyl groups excluding tert-OH is 1. The van der Waals surface area contributed by atoms with Crippen LogP contribution in [0.25, 0.3) is 0 Å². The topological polar surface area (TPSA) is 26.7 Å². The summed E-state index contributed by atoms with van der Waals surface area (Å²) in [5, 5.41) is 9.85. The van der Waals surface area contributed by atoms with Crippen LogP contribution in [0.5, 0.6) is 0 Å². The number of piperazine rings is 1. The minimum Gasteiger partial charge on any atom is -0.396 e. The van der Waals surface area contributed by atoms with Crippen molar-refractivity contribution >= 4 is 35.8 Å². The summed E-state index contributed by atoms with van der Waals surface area (Å²) in [4.78, 5) is 7.79. The van der Waals surface area contributed by atoms with Gasteiger partial charge in [-0.2, -0.15) is 0 Å². The van der Waals surface area contributed by atoms with Gasteiger partial charge < -0.3 is 14.9 Å². The number of rotatable bonds is 7. The molecule has 4 rings (SSSR count). The molecule has 1 unspecified atom stereocenters. The first-order valence-electron chi connectivity index (χ1n) is 10.7. The SMILES string of the molecule is CC1(CCCN2CCN(CCCO)CC2)c2ccccc2Sc2ccc(Cl)cc21.Cl. The molecule has 2 aromatic carbocycles. The minimum atomic E-state index is 0. The first kappa shape index (κ1) is 23.9. The van der Waals surface area contributed by atoms with Crippen molar-refractivity contribution in [2.45, 2.75) is 41.4 Å². The summed E-state index contributed by atoms with van der Waals surface area (Å²) < 4.78 is 0. The van der Waals surface area contributed by atoms with Crippen LogP contribution < -0.4 is 0 Å². The lowest BCUT2D eigenvalue weighted by atomic mass is 9.72. The minimum absolute atomic E-state index is 0. The lowest BCUT2D eigenvalue weighted by molar-refractivity contribution is 0.122. The number of nitrogens with zero attached hydrogens (tertiary/aromatic N) is 2. The Kier molecular flexibility index (Phi) is 8.54. The van der Waals surface area contributed by atoms with Crippen molar-refractivity contribution in [3.63, 3.8) is 0 Å². The Morgan fingerprint density at radius 2 is 1.57 bits per heavy atom. The van der Waals surface area contributed by atoms with E-state index in [-0.39, 0.29) is 17.8 Å². The van der Waals surface area contributed by atoms with Crippen molar-refractivity contribution < 1.29 is 5.11 Å². The smallest absolute Gasteiger partial charge is 0.0443 e. The zero-order valence-electron chi connectivity index (χ0n) is 17.6. The predicted molar refractivity (Wildman–Crippen MR) is 130 cm³/mol. The van der Waals surface area contributed by atoms with Gasteiger partial charge in [0.1, 0.15) is 0 Å². The van der Waals surface area contributed by atoms with Crippen LogP contribution >= 0.6 is 35.8 Å². The van der Waals surface area contributed by atoms with E-state index in [1.54, 1.807) is 0 Å². The standard InChI is InChI=1S/C24H31ClN2OS.ClH/c1-24(10-4-11-26-13-15-27(16-14-26)12-5-17-28)20-6-2-3-7-22(20)29-23-9-8-19(25)18-21(23)24;/h2-3,6-9,18,28H,4-5,10-17H2,1H3;1H. The summed E-state index contributed by atoms with van der Waals surface area (Å²) in [5.74, 6) is 0. The van der Waals surface area contributed by atoms with E-state index in [1.165, 1.54) is 27.3 Å². The van der Waals surface area contributed by atoms with Gasteiger partial charge in [0.15, 0.2) is 0 Å². The van der Waals surface area contributed by atoms with E-state index in [2.05, 4.69) is 53.1 Å². The fourth-order valence-corrected chi connectivity index (χ4v) is 6.24. The number of hydrogen-bond donors (Lipinski definition) is 1. The molecular weight excluding hydrogens is 435 g/mol. The third-order valence-corrected chi connectivity index (χ3v) is 7.87. The molecule has 0 bridgehead atoms. The van der Waals surface area contributed by atoms with Crippen molar-refractivity contribution in [2.24, 2.45) is 0 Å². The lowest BCUT2D eigenvalue weighted by Crippen LogP contribution is -2.47. The summed E-state index contributed by atoms with van der Waals surface area (Å²) in [6.45, 7) is 9.37. The fourth-order valence-electron chi connectivity index (χ4n) is 4.75. The molecule has 1 saturated heterocycles. The molecule has 0 aliphatic carbocycles. The summed E-state index contributed by atoms with van der Waals surface area (Å²) >= 11 is 8.27. The van der Waals surface area contributed by atoms with E-state index in [9.17, 15) is 0 Å². The van der Waals surface area contributed by atoms with Crippen LogP contribution in [0.3, 0.4) is 0 Å². The molecule has 2 heterocycles. The van der Waals surface area contributed by atoms with E-state index in [0.29, 0.717) is 6.61 Å². The Bertz CT molecular complexity index is 842. The van der Waals surface area contributed by atoms with Crippen molar-refractivity contribution in [2.75, 3.05) is 45.9 Å². The maximum absolute atomic E-state index is 9.02. The lowest BCUT2D eigenvalue weighted by Gasteiger charge is -2.39. The molecule has 2 aliphatic rings. The quantitative estimate of drug-likeness (QED) is 0.597. The van der Waals surface area contributed by atoms with Crippen molar-refractivity contribution in [3.8, 4) is 0 Å². The van der Waals surface area contributed by atoms with Crippen molar-refractivity contribution in [3.05, 3.63) is 58.6 Å². The summed E-state index contributed by atoms with van der Waals surface area (Å²) in [5.41, 5.74) is 2.82. The van der Waals surface area contributed by atoms with Crippen LogP contribution in [0.4, 0.5) is 0 Å². The number of halogens is 2. The third kappa shape index (κ3) is 5.17. The molecule has 2 aliphatic heterocycles. The van der Waals surface area contributed by atoms with Gasteiger partial charge in [0, 0.05) is 59.6 Å². The molecule has 2 aromatic rings. The number of aliphatic hydroxyl groups is 1. The number of hydrogen-bond acceptors (Lipinski definition) is 4. The van der Waals surface area contributed by atoms with E-state index in [4.69, 9.17) is 16.7 Å². The van der Waals surface area contributed by atoms with Gasteiger partial charge in [-0.15, -0.1) is 12.4 Å². The summed E-state index contributed by atoms with van der Waals surface area (Å²) in [6, 6.07) is 15.2. The maximum atomic E-state index is 9.02. The van der Waals surface area contributed by atoms with Gasteiger partial charge in [-0.05, 0) is 61.2 Å². The Balaban J connectivity index is 0.00000256. The molecule has 1 N–H and O–H groups in total. The fraction of sp³-hybridized carbons (Fsp3) is 0.500. The molecule has 0 amide bonds. The Morgan fingerprint density at radius 1 is 0.933 bits per heavy atom. The second kappa shape index (κ2) is 10.7. The average Bonchev–Trinajstić information content (AvgIpc) is 2.74. The number of benzene rings is 2. The normalized spacial score (nSPS) is 21.6. The largest absolute Gasteiger partial charge is 0.396 e. The van der Waals surface area contributed by atoms with Gasteiger partial charge in [-0.1, -0.05) is 48.5 Å². The van der Waals surface area contributed by atoms with Crippen molar-refractivity contribution in [1.82, 2.24) is 9.80 Å². The zero-order chi connectivity index (χ0) is 20.3. The second-order valence-corrected chi connectivity index (χ2v) is 9.96. The molecule has 1 atom stereocenters. The Labute approximate surface area is 196 Å². The highest BCUT2D eigenvalue weighted by atomic mass is 35.5. The maximum Gasteiger partial charge on any atom is 0.0443 e. The second-order valence-electron chi connectivity index (χ2n) is 8.43. The molecule has 0 saturated carbocycles. The highest BCUT2D eigenvalue weighted by molar-refractivity contribution is 7.99. The van der Waals surface area contributed by atoms with Gasteiger partial charge in [-0.25, -0.2) is 0 Å². The van der Waals surface area contributed by atoms with Crippen LogP contribution in [0.15, 0.2) is 52.3 Å². The van der Waals surface area contributed by atoms with Gasteiger partial charge in [0.05, 0.1) is 0 Å². The Morgan fingerprint density at radius 3 is 2.27 bits per heavy atom. The summed E-state index contributed by atoms with van der Waals surface area (Å²) in [7, 11) is 0. The third-order valence-electron chi connectivity index (χ3n) is 6.49.